The standard InChI is InChI=1S/C23H24F3N7O/c1-32-6-8-33(9-7-32)20-3-2-18(14-27-20)30-21-28-13-17-12-19(34)11-16-10-15(23(24,25)26)4-5-29-22(16,17)31-21/h2-5,10,13-14H,6-9,11-12H2,1H3,(H2,28,30,31). The Hall–Kier alpha value is -3.47. The van der Waals surface area contributed by atoms with Crippen LogP contribution in [0.1, 0.15) is 12.8 Å². The van der Waals surface area contributed by atoms with Crippen molar-refractivity contribution in [2.45, 2.75) is 24.7 Å². The van der Waals surface area contributed by atoms with E-state index < -0.39 is 17.4 Å². The molecule has 11 heteroatoms. The van der Waals surface area contributed by atoms with Crippen LogP contribution in [0, 0.1) is 0 Å². The highest BCUT2D eigenvalue weighted by atomic mass is 19.4. The first-order valence-electron chi connectivity index (χ1n) is 11.0. The lowest BCUT2D eigenvalue weighted by atomic mass is 9.78. The molecule has 1 aromatic heterocycles. The average Bonchev–Trinajstić information content (AvgIpc) is 2.98. The lowest BCUT2D eigenvalue weighted by Gasteiger charge is -2.41. The Bertz CT molecular complexity index is 1140. The number of Topliss-reactive ketones (excluding diaryl/α,β-unsaturated/α-hetero) is 1. The number of aromatic nitrogens is 1. The van der Waals surface area contributed by atoms with Gasteiger partial charge in [0, 0.05) is 57.0 Å². The van der Waals surface area contributed by atoms with Crippen LogP contribution in [-0.2, 0) is 4.79 Å². The van der Waals surface area contributed by atoms with Crippen LogP contribution in [0.2, 0.25) is 0 Å². The van der Waals surface area contributed by atoms with Gasteiger partial charge in [-0.15, -0.1) is 0 Å². The summed E-state index contributed by atoms with van der Waals surface area (Å²) < 4.78 is 40.2. The Kier molecular flexibility index (Phi) is 5.51. The fourth-order valence-electron chi connectivity index (χ4n) is 4.47. The molecule has 34 heavy (non-hydrogen) atoms. The summed E-state index contributed by atoms with van der Waals surface area (Å²) in [5.74, 6) is 1.02. The van der Waals surface area contributed by atoms with Crippen molar-refractivity contribution in [2.24, 2.45) is 9.98 Å². The number of allylic oxidation sites excluding steroid dienone is 3. The predicted octanol–water partition coefficient (Wildman–Crippen LogP) is 2.65. The fraction of sp³-hybridized carbons (Fsp3) is 0.391. The van der Waals surface area contributed by atoms with Crippen LogP contribution in [0.5, 0.6) is 0 Å². The molecule has 8 nitrogen and oxygen atoms in total. The zero-order chi connectivity index (χ0) is 23.9. The van der Waals surface area contributed by atoms with Gasteiger partial charge in [-0.05, 0) is 36.9 Å². The first-order valence-corrected chi connectivity index (χ1v) is 11.0. The summed E-state index contributed by atoms with van der Waals surface area (Å²) in [6.45, 7) is 3.76. The minimum Gasteiger partial charge on any atom is -0.354 e. The van der Waals surface area contributed by atoms with Gasteiger partial charge in [-0.2, -0.15) is 13.2 Å². The number of guanidine groups is 1. The molecular weight excluding hydrogens is 447 g/mol. The number of nitrogens with zero attached hydrogens (tertiary/aromatic N) is 5. The van der Waals surface area contributed by atoms with Crippen LogP contribution in [0.15, 0.2) is 63.4 Å². The van der Waals surface area contributed by atoms with E-state index in [2.05, 4.69) is 42.4 Å². The Morgan fingerprint density at radius 2 is 1.88 bits per heavy atom. The first-order chi connectivity index (χ1) is 16.2. The van der Waals surface area contributed by atoms with Gasteiger partial charge in [0.05, 0.1) is 17.5 Å². The largest absolute Gasteiger partial charge is 0.416 e. The summed E-state index contributed by atoms with van der Waals surface area (Å²) in [7, 11) is 2.09. The van der Waals surface area contributed by atoms with Crippen LogP contribution in [-0.4, -0.2) is 72.9 Å². The van der Waals surface area contributed by atoms with E-state index in [0.717, 1.165) is 50.4 Å². The quantitative estimate of drug-likeness (QED) is 0.690. The molecule has 1 saturated heterocycles. The van der Waals surface area contributed by atoms with Crippen molar-refractivity contribution < 1.29 is 18.0 Å². The number of pyridine rings is 1. The van der Waals surface area contributed by atoms with Gasteiger partial charge in [0.1, 0.15) is 11.6 Å². The number of carbonyl (C=O) groups excluding carboxylic acids is 1. The number of hydrogen-bond acceptors (Lipinski definition) is 8. The third-order valence-electron chi connectivity index (χ3n) is 6.37. The summed E-state index contributed by atoms with van der Waals surface area (Å²) in [6.07, 6.45) is 1.67. The highest BCUT2D eigenvalue weighted by molar-refractivity contribution is 5.98. The van der Waals surface area contributed by atoms with Gasteiger partial charge in [-0.3, -0.25) is 9.79 Å². The van der Waals surface area contributed by atoms with Gasteiger partial charge >= 0.3 is 6.18 Å². The molecule has 3 aliphatic heterocycles. The number of carbonyl (C=O) groups is 1. The Balaban J connectivity index is 1.37. The smallest absolute Gasteiger partial charge is 0.354 e. The summed E-state index contributed by atoms with van der Waals surface area (Å²) >= 11 is 0. The lowest BCUT2D eigenvalue weighted by molar-refractivity contribution is -0.118. The summed E-state index contributed by atoms with van der Waals surface area (Å²) in [4.78, 5) is 30.0. The summed E-state index contributed by atoms with van der Waals surface area (Å²) in [5, 5.41) is 6.27. The molecule has 4 heterocycles. The highest BCUT2D eigenvalue weighted by Crippen LogP contribution is 2.42. The number of ketones is 1. The van der Waals surface area contributed by atoms with E-state index >= 15 is 0 Å². The second-order valence-corrected chi connectivity index (χ2v) is 8.75. The van der Waals surface area contributed by atoms with Crippen LogP contribution in [0.3, 0.4) is 0 Å². The maximum Gasteiger partial charge on any atom is 0.416 e. The number of piperazine rings is 1. The molecule has 2 N–H and O–H groups in total. The van der Waals surface area contributed by atoms with Crippen molar-refractivity contribution in [3.8, 4) is 0 Å². The van der Waals surface area contributed by atoms with E-state index in [-0.39, 0.29) is 24.2 Å². The Morgan fingerprint density at radius 1 is 1.12 bits per heavy atom. The SMILES string of the molecule is CN1CCN(c2ccc(NC3=NC=C4CC(=O)CC5=CC(C(F)(F)F)=CC=NC45N3)cn2)CC1. The van der Waals surface area contributed by atoms with Gasteiger partial charge in [0.15, 0.2) is 5.66 Å². The maximum atomic E-state index is 13.4. The van der Waals surface area contributed by atoms with Gasteiger partial charge in [-0.25, -0.2) is 9.98 Å². The van der Waals surface area contributed by atoms with E-state index in [1.54, 1.807) is 6.20 Å². The molecule has 1 spiro atoms. The molecule has 0 bridgehead atoms. The van der Waals surface area contributed by atoms with Crippen LogP contribution >= 0.6 is 0 Å². The molecule has 1 saturated carbocycles. The van der Waals surface area contributed by atoms with E-state index in [4.69, 9.17) is 0 Å². The minimum absolute atomic E-state index is 0.0705. The third kappa shape index (κ3) is 4.23. The second kappa shape index (κ2) is 8.39. The van der Waals surface area contributed by atoms with Crippen LogP contribution < -0.4 is 15.5 Å². The number of hydrogen-bond donors (Lipinski definition) is 2. The number of halogens is 3. The molecule has 1 unspecified atom stereocenters. The first kappa shape index (κ1) is 22.3. The van der Waals surface area contributed by atoms with Crippen molar-refractivity contribution in [1.82, 2.24) is 15.2 Å². The van der Waals surface area contributed by atoms with E-state index in [1.165, 1.54) is 6.20 Å². The van der Waals surface area contributed by atoms with Crippen molar-refractivity contribution in [1.29, 1.82) is 0 Å². The van der Waals surface area contributed by atoms with Crippen molar-refractivity contribution in [3.63, 3.8) is 0 Å². The molecule has 2 fully saturated rings. The van der Waals surface area contributed by atoms with Gasteiger partial charge in [-0.1, -0.05) is 0 Å². The van der Waals surface area contributed by atoms with E-state index in [9.17, 15) is 18.0 Å². The number of anilines is 2. The molecule has 1 aromatic rings. The molecule has 1 atom stereocenters. The van der Waals surface area contributed by atoms with Crippen LogP contribution in [0.4, 0.5) is 24.7 Å². The topological polar surface area (TPSA) is 85.2 Å². The molecule has 0 radical (unpaired) electrons. The normalized spacial score (nSPS) is 25.2. The molecule has 5 rings (SSSR count). The zero-order valence-corrected chi connectivity index (χ0v) is 18.6. The second-order valence-electron chi connectivity index (χ2n) is 8.75. The number of likely N-dealkylation sites (N-methyl/N-ethyl adjacent to an activating group) is 1. The van der Waals surface area contributed by atoms with E-state index in [0.29, 0.717) is 17.2 Å². The molecule has 178 valence electrons. The lowest BCUT2D eigenvalue weighted by Crippen LogP contribution is -2.56. The van der Waals surface area contributed by atoms with E-state index in [1.807, 2.05) is 12.1 Å². The molecule has 4 aliphatic rings. The highest BCUT2D eigenvalue weighted by Gasteiger charge is 2.47. The van der Waals surface area contributed by atoms with Crippen LogP contribution in [0.25, 0.3) is 0 Å². The average molecular weight is 471 g/mol. The van der Waals surface area contributed by atoms with Gasteiger partial charge in [0.25, 0.3) is 0 Å². The number of rotatable bonds is 2. The van der Waals surface area contributed by atoms with Gasteiger partial charge < -0.3 is 20.4 Å². The molecular formula is C23H24F3N7O. The van der Waals surface area contributed by atoms with Crippen molar-refractivity contribution >= 4 is 29.5 Å². The molecule has 0 amide bonds. The monoisotopic (exact) mass is 471 g/mol. The Labute approximate surface area is 194 Å². The Morgan fingerprint density at radius 3 is 2.59 bits per heavy atom. The number of alkyl halides is 3. The predicted molar refractivity (Wildman–Crippen MR) is 124 cm³/mol. The fourth-order valence-corrected chi connectivity index (χ4v) is 4.47. The number of aliphatic imine (C=N–C) groups is 2. The maximum absolute atomic E-state index is 13.4. The summed E-state index contributed by atoms with van der Waals surface area (Å²) in [5.41, 5.74) is -0.710. The third-order valence-corrected chi connectivity index (χ3v) is 6.37. The summed E-state index contributed by atoms with van der Waals surface area (Å²) in [6, 6.07) is 3.80. The zero-order valence-electron chi connectivity index (χ0n) is 18.6. The van der Waals surface area contributed by atoms with Crippen molar-refractivity contribution in [3.05, 3.63) is 53.4 Å². The molecule has 0 aromatic carbocycles. The minimum atomic E-state index is -4.55. The van der Waals surface area contributed by atoms with Crippen molar-refractivity contribution in [2.75, 3.05) is 43.4 Å². The number of nitrogens with one attached hydrogen (secondary N) is 2. The van der Waals surface area contributed by atoms with Gasteiger partial charge in [0.2, 0.25) is 5.96 Å². The molecule has 1 aliphatic carbocycles.